The van der Waals surface area contributed by atoms with Crippen LogP contribution in [0.2, 0.25) is 0 Å². The van der Waals surface area contributed by atoms with E-state index in [0.717, 1.165) is 18.9 Å². The molecule has 0 saturated carbocycles. The van der Waals surface area contributed by atoms with Crippen molar-refractivity contribution in [2.45, 2.75) is 56.9 Å². The molecule has 1 fully saturated rings. The molecule has 1 saturated heterocycles. The number of hydrogen-bond acceptors (Lipinski definition) is 9. The number of carbonyl (C=O) groups excluding carboxylic acids is 1. The maximum absolute atomic E-state index is 12.3. The molecular formula is C18H26O9. The van der Waals surface area contributed by atoms with E-state index in [9.17, 15) is 30.3 Å². The molecule has 1 aromatic carbocycles. The Morgan fingerprint density at radius 3 is 2.56 bits per heavy atom. The summed E-state index contributed by atoms with van der Waals surface area (Å²) in [6.45, 7) is 1.62. The number of phenols is 1. The molecule has 1 aliphatic rings. The molecule has 0 aromatic heterocycles. The van der Waals surface area contributed by atoms with Crippen LogP contribution in [0.5, 0.6) is 11.5 Å². The van der Waals surface area contributed by atoms with Crippen molar-refractivity contribution >= 4 is 5.97 Å². The molecule has 1 heterocycles. The highest BCUT2D eigenvalue weighted by molar-refractivity contribution is 5.93. The van der Waals surface area contributed by atoms with Gasteiger partial charge in [-0.1, -0.05) is 19.8 Å². The predicted molar refractivity (Wildman–Crippen MR) is 92.3 cm³/mol. The number of unbranched alkanes of at least 4 members (excludes halogenated alkanes) is 2. The summed E-state index contributed by atoms with van der Waals surface area (Å²) in [6.07, 6.45) is -4.77. The summed E-state index contributed by atoms with van der Waals surface area (Å²) >= 11 is 0. The molecular weight excluding hydrogens is 360 g/mol. The molecule has 0 amide bonds. The first-order valence-corrected chi connectivity index (χ1v) is 8.86. The van der Waals surface area contributed by atoms with Gasteiger partial charge < -0.3 is 39.7 Å². The van der Waals surface area contributed by atoms with Crippen LogP contribution in [0.15, 0.2) is 18.2 Å². The number of phenolic OH excluding ortho intramolecular Hbond substituents is 1. The molecule has 0 aliphatic carbocycles. The van der Waals surface area contributed by atoms with E-state index in [1.165, 1.54) is 12.1 Å². The van der Waals surface area contributed by atoms with Gasteiger partial charge >= 0.3 is 5.97 Å². The van der Waals surface area contributed by atoms with Crippen LogP contribution < -0.4 is 4.74 Å². The van der Waals surface area contributed by atoms with E-state index >= 15 is 0 Å². The van der Waals surface area contributed by atoms with Crippen LogP contribution in [-0.4, -0.2) is 75.4 Å². The van der Waals surface area contributed by atoms with E-state index in [1.54, 1.807) is 0 Å². The first kappa shape index (κ1) is 21.4. The topological polar surface area (TPSA) is 146 Å². The number of benzene rings is 1. The van der Waals surface area contributed by atoms with Gasteiger partial charge in [-0.05, 0) is 24.6 Å². The second-order valence-electron chi connectivity index (χ2n) is 6.34. The fourth-order valence-corrected chi connectivity index (χ4v) is 2.66. The van der Waals surface area contributed by atoms with Crippen molar-refractivity contribution in [1.82, 2.24) is 0 Å². The van der Waals surface area contributed by atoms with Crippen LogP contribution in [0, 0.1) is 0 Å². The average molecular weight is 386 g/mol. The van der Waals surface area contributed by atoms with Crippen molar-refractivity contribution in [3.63, 3.8) is 0 Å². The highest BCUT2D eigenvalue weighted by atomic mass is 16.7. The van der Waals surface area contributed by atoms with Crippen molar-refractivity contribution in [3.05, 3.63) is 23.8 Å². The van der Waals surface area contributed by atoms with Crippen molar-refractivity contribution in [2.24, 2.45) is 0 Å². The number of rotatable bonds is 8. The van der Waals surface area contributed by atoms with Crippen LogP contribution in [-0.2, 0) is 9.47 Å². The summed E-state index contributed by atoms with van der Waals surface area (Å²) in [5, 5.41) is 48.6. The van der Waals surface area contributed by atoms with E-state index in [1.807, 2.05) is 6.92 Å². The van der Waals surface area contributed by atoms with Gasteiger partial charge in [0.05, 0.1) is 13.2 Å². The number of aromatic hydroxyl groups is 1. The van der Waals surface area contributed by atoms with Gasteiger partial charge in [0.1, 0.15) is 41.5 Å². The number of aliphatic hydroxyl groups excluding tert-OH is 4. The molecule has 5 N–H and O–H groups in total. The molecule has 1 aromatic rings. The first-order valence-electron chi connectivity index (χ1n) is 8.86. The number of carbonyl (C=O) groups is 1. The Morgan fingerprint density at radius 2 is 1.89 bits per heavy atom. The Morgan fingerprint density at radius 1 is 1.15 bits per heavy atom. The van der Waals surface area contributed by atoms with Crippen LogP contribution in [0.25, 0.3) is 0 Å². The summed E-state index contributed by atoms with van der Waals surface area (Å²) < 4.78 is 15.9. The van der Waals surface area contributed by atoms with E-state index < -0.39 is 43.3 Å². The minimum Gasteiger partial charge on any atom is -0.508 e. The maximum atomic E-state index is 12.3. The van der Waals surface area contributed by atoms with Gasteiger partial charge in [0.15, 0.2) is 0 Å². The van der Waals surface area contributed by atoms with Crippen LogP contribution in [0.1, 0.15) is 36.5 Å². The molecule has 152 valence electrons. The molecule has 1 aliphatic heterocycles. The Hall–Kier alpha value is -1.91. The van der Waals surface area contributed by atoms with E-state index in [2.05, 4.69) is 0 Å². The summed E-state index contributed by atoms with van der Waals surface area (Å²) in [5.74, 6) is -0.948. The lowest BCUT2D eigenvalue weighted by Crippen LogP contribution is -2.60. The monoisotopic (exact) mass is 386 g/mol. The van der Waals surface area contributed by atoms with Gasteiger partial charge in [-0.25, -0.2) is 4.79 Å². The van der Waals surface area contributed by atoms with Gasteiger partial charge in [-0.2, -0.15) is 0 Å². The lowest BCUT2D eigenvalue weighted by atomic mass is 9.99. The second-order valence-corrected chi connectivity index (χ2v) is 6.34. The third-order valence-electron chi connectivity index (χ3n) is 4.26. The van der Waals surface area contributed by atoms with Crippen molar-refractivity contribution in [2.75, 3.05) is 13.2 Å². The maximum Gasteiger partial charge on any atom is 0.342 e. The molecule has 27 heavy (non-hydrogen) atoms. The molecule has 2 rings (SSSR count). The molecule has 0 unspecified atom stereocenters. The Balaban J connectivity index is 2.14. The fraction of sp³-hybridized carbons (Fsp3) is 0.611. The number of ether oxygens (including phenoxy) is 3. The van der Waals surface area contributed by atoms with Gasteiger partial charge in [-0.15, -0.1) is 0 Å². The van der Waals surface area contributed by atoms with Gasteiger partial charge in [0.25, 0.3) is 0 Å². The number of esters is 1. The standard InChI is InChI=1S/C18H26O9/c1-2-3-4-7-25-17(24)11-8-10(20)5-6-12(11)26-18-16(23)15(22)14(21)13(9-19)27-18/h5-6,8,13-16,18-23H,2-4,7,9H2,1H3/t13-,14-,15+,16-,18-/m1/s1. The van der Waals surface area contributed by atoms with E-state index in [4.69, 9.17) is 14.2 Å². The zero-order chi connectivity index (χ0) is 20.0. The molecule has 0 spiro atoms. The second kappa shape index (κ2) is 9.86. The van der Waals surface area contributed by atoms with Crippen LogP contribution >= 0.6 is 0 Å². The Bertz CT molecular complexity index is 619. The Labute approximate surface area is 156 Å². The lowest BCUT2D eigenvalue weighted by Gasteiger charge is -2.39. The van der Waals surface area contributed by atoms with Gasteiger partial charge in [-0.3, -0.25) is 0 Å². The quantitative estimate of drug-likeness (QED) is 0.306. The average Bonchev–Trinajstić information content (AvgIpc) is 2.66. The van der Waals surface area contributed by atoms with Gasteiger partial charge in [0, 0.05) is 0 Å². The highest BCUT2D eigenvalue weighted by Gasteiger charge is 2.45. The number of aliphatic hydroxyl groups is 4. The normalized spacial score (nSPS) is 28.0. The van der Waals surface area contributed by atoms with Crippen molar-refractivity contribution in [1.29, 1.82) is 0 Å². The lowest BCUT2D eigenvalue weighted by molar-refractivity contribution is -0.277. The molecule has 0 radical (unpaired) electrons. The summed E-state index contributed by atoms with van der Waals surface area (Å²) in [5.41, 5.74) is -0.0801. The predicted octanol–water partition coefficient (Wildman–Crippen LogP) is -0.0821. The van der Waals surface area contributed by atoms with Crippen molar-refractivity contribution < 1.29 is 44.5 Å². The van der Waals surface area contributed by atoms with Crippen molar-refractivity contribution in [3.8, 4) is 11.5 Å². The number of hydrogen-bond donors (Lipinski definition) is 5. The Kier molecular flexibility index (Phi) is 7.81. The SMILES string of the molecule is CCCCCOC(=O)c1cc(O)ccc1O[C@@H]1O[C@H](CO)[C@@H](O)[C@H](O)[C@H]1O. The summed E-state index contributed by atoms with van der Waals surface area (Å²) in [7, 11) is 0. The zero-order valence-electron chi connectivity index (χ0n) is 15.0. The third-order valence-corrected chi connectivity index (χ3v) is 4.26. The molecule has 9 heteroatoms. The molecule has 9 nitrogen and oxygen atoms in total. The van der Waals surface area contributed by atoms with Gasteiger partial charge in [0.2, 0.25) is 6.29 Å². The summed E-state index contributed by atoms with van der Waals surface area (Å²) in [6, 6.07) is 3.72. The first-order chi connectivity index (χ1) is 12.9. The van der Waals surface area contributed by atoms with Crippen LogP contribution in [0.3, 0.4) is 0 Å². The van der Waals surface area contributed by atoms with E-state index in [-0.39, 0.29) is 23.7 Å². The molecule has 5 atom stereocenters. The molecule has 0 bridgehead atoms. The van der Waals surface area contributed by atoms with E-state index in [0.29, 0.717) is 6.42 Å². The third kappa shape index (κ3) is 5.30. The van der Waals surface area contributed by atoms with Crippen LogP contribution in [0.4, 0.5) is 0 Å². The highest BCUT2D eigenvalue weighted by Crippen LogP contribution is 2.29. The minimum absolute atomic E-state index is 0.0439. The summed E-state index contributed by atoms with van der Waals surface area (Å²) in [4.78, 5) is 12.3. The zero-order valence-corrected chi connectivity index (χ0v) is 15.0. The fourth-order valence-electron chi connectivity index (χ4n) is 2.66. The minimum atomic E-state index is -1.62. The smallest absolute Gasteiger partial charge is 0.342 e. The largest absolute Gasteiger partial charge is 0.508 e.